The summed E-state index contributed by atoms with van der Waals surface area (Å²) in [4.78, 5) is 14.8. The molecule has 1 saturated heterocycles. The molecular weight excluding hydrogens is 388 g/mol. The number of phenols is 1. The zero-order valence-corrected chi connectivity index (χ0v) is 18.6. The number of likely N-dealkylation sites (N-methyl/N-ethyl adjacent to an activating group) is 1. The van der Waals surface area contributed by atoms with Gasteiger partial charge in [0.2, 0.25) is 0 Å². The molecule has 0 saturated carbocycles. The number of rotatable bonds is 7. The Hall–Kier alpha value is -2.21. The van der Waals surface area contributed by atoms with Gasteiger partial charge in [-0.05, 0) is 56.4 Å². The molecule has 0 aliphatic carbocycles. The number of benzene rings is 2. The van der Waals surface area contributed by atoms with Crippen LogP contribution in [0.2, 0.25) is 0 Å². The molecule has 0 bridgehead atoms. The first-order valence-electron chi connectivity index (χ1n) is 11.5. The summed E-state index contributed by atoms with van der Waals surface area (Å²) in [6.45, 7) is 8.01. The fourth-order valence-corrected chi connectivity index (χ4v) is 4.93. The Bertz CT molecular complexity index is 891. The lowest BCUT2D eigenvalue weighted by molar-refractivity contribution is -0.0670. The molecule has 2 aromatic rings. The van der Waals surface area contributed by atoms with E-state index in [1.807, 2.05) is 43.3 Å². The predicted octanol–water partition coefficient (Wildman–Crippen LogP) is 3.89. The standard InChI is InChI=1S/C26H34N2O3/c1-3-27-16-25-21-10-9-18(2)26(30)22(21)15-24(31-25)20-11-13-28(14-12-20)17-23(29)19-7-5-4-6-8-19/h4-10,20,24-25,27,30H,3,11-17H2,1-2H3. The fraction of sp³-hybridized carbons (Fsp3) is 0.500. The number of piperidine rings is 1. The summed E-state index contributed by atoms with van der Waals surface area (Å²) < 4.78 is 6.58. The van der Waals surface area contributed by atoms with Gasteiger partial charge in [0.1, 0.15) is 5.75 Å². The van der Waals surface area contributed by atoms with Crippen LogP contribution in [0.15, 0.2) is 42.5 Å². The van der Waals surface area contributed by atoms with Crippen LogP contribution in [0.4, 0.5) is 0 Å². The van der Waals surface area contributed by atoms with E-state index in [2.05, 4.69) is 23.2 Å². The fourth-order valence-electron chi connectivity index (χ4n) is 4.93. The van der Waals surface area contributed by atoms with Crippen LogP contribution in [0.5, 0.6) is 5.75 Å². The second-order valence-corrected chi connectivity index (χ2v) is 8.88. The minimum Gasteiger partial charge on any atom is -0.507 e. The van der Waals surface area contributed by atoms with Crippen molar-refractivity contribution in [1.29, 1.82) is 0 Å². The Kier molecular flexibility index (Phi) is 7.06. The molecule has 0 spiro atoms. The van der Waals surface area contributed by atoms with Crippen molar-refractivity contribution in [3.63, 3.8) is 0 Å². The van der Waals surface area contributed by atoms with Gasteiger partial charge in [0.15, 0.2) is 5.78 Å². The minimum atomic E-state index is -0.0297. The molecule has 5 heteroatoms. The smallest absolute Gasteiger partial charge is 0.176 e. The van der Waals surface area contributed by atoms with Crippen molar-refractivity contribution < 1.29 is 14.6 Å². The highest BCUT2D eigenvalue weighted by molar-refractivity contribution is 5.97. The lowest BCUT2D eigenvalue weighted by Crippen LogP contribution is -2.43. The van der Waals surface area contributed by atoms with E-state index >= 15 is 0 Å². The van der Waals surface area contributed by atoms with Crippen LogP contribution in [-0.4, -0.2) is 54.6 Å². The van der Waals surface area contributed by atoms with E-state index < -0.39 is 0 Å². The molecule has 4 rings (SSSR count). The number of fused-ring (bicyclic) bond motifs is 1. The average molecular weight is 423 g/mol. The normalized spacial score (nSPS) is 22.3. The summed E-state index contributed by atoms with van der Waals surface area (Å²) in [5.41, 5.74) is 3.89. The highest BCUT2D eigenvalue weighted by Gasteiger charge is 2.35. The van der Waals surface area contributed by atoms with E-state index in [-0.39, 0.29) is 18.0 Å². The molecule has 0 aromatic heterocycles. The van der Waals surface area contributed by atoms with Crippen molar-refractivity contribution in [1.82, 2.24) is 10.2 Å². The highest BCUT2D eigenvalue weighted by Crippen LogP contribution is 2.40. The number of nitrogens with one attached hydrogen (secondary N) is 1. The van der Waals surface area contributed by atoms with Crippen LogP contribution in [0.1, 0.15) is 52.9 Å². The van der Waals surface area contributed by atoms with Gasteiger partial charge >= 0.3 is 0 Å². The van der Waals surface area contributed by atoms with Crippen molar-refractivity contribution in [2.45, 2.75) is 45.3 Å². The van der Waals surface area contributed by atoms with Crippen LogP contribution >= 0.6 is 0 Å². The van der Waals surface area contributed by atoms with Crippen LogP contribution in [-0.2, 0) is 11.2 Å². The number of Topliss-reactive ketones (excluding diaryl/α,β-unsaturated/α-hetero) is 1. The van der Waals surface area contributed by atoms with Gasteiger partial charge in [-0.3, -0.25) is 9.69 Å². The third kappa shape index (κ3) is 5.00. The quantitative estimate of drug-likeness (QED) is 0.663. The maximum absolute atomic E-state index is 12.5. The second-order valence-electron chi connectivity index (χ2n) is 8.88. The van der Waals surface area contributed by atoms with E-state index in [0.29, 0.717) is 18.2 Å². The van der Waals surface area contributed by atoms with Crippen molar-refractivity contribution in [3.8, 4) is 5.75 Å². The maximum Gasteiger partial charge on any atom is 0.176 e. The predicted molar refractivity (Wildman–Crippen MR) is 123 cm³/mol. The number of aryl methyl sites for hydroxylation is 1. The molecule has 31 heavy (non-hydrogen) atoms. The number of ether oxygens (including phenoxy) is 1. The van der Waals surface area contributed by atoms with Crippen LogP contribution in [0, 0.1) is 12.8 Å². The molecular formula is C26H34N2O3. The number of carbonyl (C=O) groups is 1. The number of likely N-dealkylation sites (tertiary alicyclic amines) is 1. The van der Waals surface area contributed by atoms with Crippen molar-refractivity contribution in [2.24, 2.45) is 5.92 Å². The molecule has 2 heterocycles. The number of hydrogen-bond acceptors (Lipinski definition) is 5. The van der Waals surface area contributed by atoms with Gasteiger partial charge in [-0.1, -0.05) is 49.4 Å². The molecule has 2 unspecified atom stereocenters. The van der Waals surface area contributed by atoms with Crippen molar-refractivity contribution in [2.75, 3.05) is 32.7 Å². The number of ketones is 1. The summed E-state index contributed by atoms with van der Waals surface area (Å²) in [6, 6.07) is 13.6. The molecule has 5 nitrogen and oxygen atoms in total. The topological polar surface area (TPSA) is 61.8 Å². The summed E-state index contributed by atoms with van der Waals surface area (Å²) in [7, 11) is 0. The lowest BCUT2D eigenvalue weighted by atomic mass is 9.83. The SMILES string of the molecule is CCNCC1OC(C2CCN(CC(=O)c3ccccc3)CC2)Cc2c1ccc(C)c2O. The Morgan fingerprint density at radius 2 is 1.90 bits per heavy atom. The molecule has 166 valence electrons. The van der Waals surface area contributed by atoms with Gasteiger partial charge in [-0.15, -0.1) is 0 Å². The third-order valence-corrected chi connectivity index (χ3v) is 6.81. The van der Waals surface area contributed by atoms with Crippen LogP contribution in [0.25, 0.3) is 0 Å². The summed E-state index contributed by atoms with van der Waals surface area (Å²) in [5.74, 6) is 1.06. The Morgan fingerprint density at radius 1 is 1.16 bits per heavy atom. The summed E-state index contributed by atoms with van der Waals surface area (Å²) in [5, 5.41) is 14.1. The second kappa shape index (κ2) is 9.94. The molecule has 1 fully saturated rings. The number of carbonyl (C=O) groups excluding carboxylic acids is 1. The highest BCUT2D eigenvalue weighted by atomic mass is 16.5. The zero-order valence-electron chi connectivity index (χ0n) is 18.6. The van der Waals surface area contributed by atoms with E-state index in [1.165, 1.54) is 0 Å². The first kappa shape index (κ1) is 22.0. The first-order chi connectivity index (χ1) is 15.1. The molecule has 2 aliphatic rings. The van der Waals surface area contributed by atoms with E-state index in [1.54, 1.807) is 0 Å². The van der Waals surface area contributed by atoms with E-state index in [0.717, 1.165) is 67.7 Å². The lowest BCUT2D eigenvalue weighted by Gasteiger charge is -2.40. The minimum absolute atomic E-state index is 0.0297. The van der Waals surface area contributed by atoms with Crippen molar-refractivity contribution >= 4 is 5.78 Å². The number of aromatic hydroxyl groups is 1. The largest absolute Gasteiger partial charge is 0.507 e. The van der Waals surface area contributed by atoms with Crippen LogP contribution < -0.4 is 5.32 Å². The van der Waals surface area contributed by atoms with Crippen molar-refractivity contribution in [3.05, 3.63) is 64.7 Å². The van der Waals surface area contributed by atoms with Gasteiger partial charge in [0, 0.05) is 24.1 Å². The zero-order chi connectivity index (χ0) is 21.8. The summed E-state index contributed by atoms with van der Waals surface area (Å²) >= 11 is 0. The molecule has 0 radical (unpaired) electrons. The van der Waals surface area contributed by atoms with Gasteiger partial charge in [0.05, 0.1) is 18.8 Å². The van der Waals surface area contributed by atoms with Gasteiger partial charge in [-0.2, -0.15) is 0 Å². The monoisotopic (exact) mass is 422 g/mol. The molecule has 2 aromatic carbocycles. The molecule has 2 atom stereocenters. The summed E-state index contributed by atoms with van der Waals surface area (Å²) in [6.07, 6.45) is 2.87. The third-order valence-electron chi connectivity index (χ3n) is 6.81. The number of phenolic OH excluding ortho intramolecular Hbond substituents is 1. The Labute approximate surface area is 185 Å². The maximum atomic E-state index is 12.5. The van der Waals surface area contributed by atoms with Gasteiger partial charge < -0.3 is 15.2 Å². The molecule has 2 N–H and O–H groups in total. The van der Waals surface area contributed by atoms with E-state index in [9.17, 15) is 9.90 Å². The Balaban J connectivity index is 1.40. The average Bonchev–Trinajstić information content (AvgIpc) is 2.81. The molecule has 0 amide bonds. The number of hydrogen-bond donors (Lipinski definition) is 2. The van der Waals surface area contributed by atoms with Gasteiger partial charge in [-0.25, -0.2) is 0 Å². The van der Waals surface area contributed by atoms with Gasteiger partial charge in [0.25, 0.3) is 0 Å². The Morgan fingerprint density at radius 3 is 2.61 bits per heavy atom. The van der Waals surface area contributed by atoms with E-state index in [4.69, 9.17) is 4.74 Å². The molecule has 2 aliphatic heterocycles. The first-order valence-corrected chi connectivity index (χ1v) is 11.5. The van der Waals surface area contributed by atoms with Crippen LogP contribution in [0.3, 0.4) is 0 Å². The number of nitrogens with zero attached hydrogens (tertiary/aromatic N) is 1.